The van der Waals surface area contributed by atoms with Gasteiger partial charge in [-0.25, -0.2) is 9.59 Å². The van der Waals surface area contributed by atoms with Gasteiger partial charge in [-0.05, 0) is 53.2 Å². The maximum absolute atomic E-state index is 13.9. The monoisotopic (exact) mass is 620 g/mol. The normalized spacial score (nSPS) is 20.0. The number of carbonyl (C=O) groups excluding carboxylic acids is 1. The first-order valence-corrected chi connectivity index (χ1v) is 15.3. The fourth-order valence-corrected chi connectivity index (χ4v) is 5.74. The Morgan fingerprint density at radius 2 is 1.72 bits per heavy atom. The van der Waals surface area contributed by atoms with E-state index in [1.165, 1.54) is 4.90 Å². The van der Waals surface area contributed by atoms with Crippen molar-refractivity contribution in [2.24, 2.45) is 0 Å². The summed E-state index contributed by atoms with van der Waals surface area (Å²) < 4.78 is 23.4. The van der Waals surface area contributed by atoms with Crippen molar-refractivity contribution in [3.63, 3.8) is 0 Å². The van der Waals surface area contributed by atoms with Crippen LogP contribution in [0.5, 0.6) is 11.5 Å². The number of halogens is 1. The van der Waals surface area contributed by atoms with Gasteiger partial charge in [0.05, 0.1) is 54.8 Å². The number of carboxylic acids is 1. The number of aliphatic hydroxyl groups excluding tert-OH is 1. The van der Waals surface area contributed by atoms with Crippen LogP contribution in [0.15, 0.2) is 36.4 Å². The molecule has 1 unspecified atom stereocenters. The number of aliphatic hydroxyl groups is 1. The van der Waals surface area contributed by atoms with Gasteiger partial charge in [0.1, 0.15) is 17.0 Å². The molecule has 11 heteroatoms. The highest BCUT2D eigenvalue weighted by Gasteiger charge is 2.53. The molecule has 1 fully saturated rings. The lowest BCUT2D eigenvalue weighted by atomic mass is 9.74. The molecule has 1 aliphatic rings. The summed E-state index contributed by atoms with van der Waals surface area (Å²) in [5.41, 5.74) is 0.489. The number of rotatable bonds is 16. The van der Waals surface area contributed by atoms with E-state index in [0.29, 0.717) is 36.7 Å². The van der Waals surface area contributed by atoms with Crippen LogP contribution in [0.25, 0.3) is 0 Å². The fourth-order valence-electron chi connectivity index (χ4n) is 5.37. The molecule has 1 saturated carbocycles. The van der Waals surface area contributed by atoms with Gasteiger partial charge in [0.25, 0.3) is 0 Å². The second-order valence-electron chi connectivity index (χ2n) is 10.7. The lowest BCUT2D eigenvalue weighted by molar-refractivity contribution is -0.156. The molecule has 2 aromatic rings. The minimum absolute atomic E-state index is 0.136. The molecule has 0 aromatic heterocycles. The van der Waals surface area contributed by atoms with Crippen molar-refractivity contribution in [2.75, 3.05) is 33.0 Å². The number of nitrogens with one attached hydrogen (secondary N) is 1. The Morgan fingerprint density at radius 1 is 1.07 bits per heavy atom. The molecular formula is C32H45ClN2O8. The number of carboxylic acid groups (broad SMARTS) is 1. The number of amides is 2. The van der Waals surface area contributed by atoms with E-state index in [4.69, 9.17) is 30.5 Å². The van der Waals surface area contributed by atoms with Gasteiger partial charge in [-0.2, -0.15) is 0 Å². The highest BCUT2D eigenvalue weighted by Crippen LogP contribution is 2.45. The summed E-state index contributed by atoms with van der Waals surface area (Å²) in [5.74, 6) is -0.446. The van der Waals surface area contributed by atoms with Crippen LogP contribution in [-0.4, -0.2) is 71.7 Å². The second kappa shape index (κ2) is 15.6. The number of aliphatic carboxylic acids is 1. The summed E-state index contributed by atoms with van der Waals surface area (Å²) in [5, 5.41) is 23.6. The van der Waals surface area contributed by atoms with E-state index in [1.54, 1.807) is 19.9 Å². The molecule has 0 spiro atoms. The molecule has 0 aliphatic heterocycles. The van der Waals surface area contributed by atoms with Crippen molar-refractivity contribution in [1.82, 2.24) is 10.2 Å². The van der Waals surface area contributed by atoms with Crippen molar-refractivity contribution in [3.05, 3.63) is 58.1 Å². The number of benzene rings is 2. The van der Waals surface area contributed by atoms with Crippen LogP contribution < -0.4 is 14.8 Å². The first kappa shape index (κ1) is 34.4. The molecule has 2 amide bonds. The zero-order valence-corrected chi connectivity index (χ0v) is 26.6. The second-order valence-corrected chi connectivity index (χ2v) is 11.0. The minimum Gasteiger partial charge on any atom is -0.493 e. The van der Waals surface area contributed by atoms with Gasteiger partial charge in [-0.3, -0.25) is 0 Å². The van der Waals surface area contributed by atoms with Gasteiger partial charge in [-0.1, -0.05) is 41.9 Å². The van der Waals surface area contributed by atoms with E-state index >= 15 is 0 Å². The molecule has 10 nitrogen and oxygen atoms in total. The summed E-state index contributed by atoms with van der Waals surface area (Å²) in [6.07, 6.45) is -1.07. The van der Waals surface area contributed by atoms with Gasteiger partial charge >= 0.3 is 12.0 Å². The van der Waals surface area contributed by atoms with Crippen LogP contribution in [-0.2, 0) is 14.3 Å². The molecule has 3 N–H and O–H groups in total. The number of urea groups is 1. The van der Waals surface area contributed by atoms with E-state index < -0.39 is 29.7 Å². The lowest BCUT2D eigenvalue weighted by Gasteiger charge is -2.45. The van der Waals surface area contributed by atoms with Gasteiger partial charge in [0, 0.05) is 31.6 Å². The summed E-state index contributed by atoms with van der Waals surface area (Å²) >= 11 is 6.90. The fraction of sp³-hybridized carbons (Fsp3) is 0.562. The SMILES string of the molecule is CCOc1cc([C@@H](C)N(CCO[C@@H](C)c2ccccc2)C(=O)NC2(C(=O)O)CC(OCC)C2)c(Cl)c(OCC)c1C(C)O. The van der Waals surface area contributed by atoms with E-state index in [9.17, 15) is 19.8 Å². The number of ether oxygens (including phenoxy) is 4. The standard InChI is InChI=1S/C32H45ClN2O8/c1-7-40-24-18-32(19-24,30(37)38)34-31(39)35(15-16-43-22(6)23-13-11-10-12-14-23)20(4)25-17-26(41-8-2)27(21(5)36)29(28(25)33)42-9-3/h10-14,17,20-22,24,36H,7-9,15-16,18-19H2,1-6H3,(H,34,39)(H,37,38)/t20-,21?,22+,24?,32?/m1/s1. The summed E-state index contributed by atoms with van der Waals surface area (Å²) in [4.78, 5) is 27.7. The predicted octanol–water partition coefficient (Wildman–Crippen LogP) is 6.06. The highest BCUT2D eigenvalue weighted by molar-refractivity contribution is 6.33. The Balaban J connectivity index is 1.97. The van der Waals surface area contributed by atoms with Crippen LogP contribution in [0.3, 0.4) is 0 Å². The van der Waals surface area contributed by atoms with Crippen molar-refractivity contribution in [3.8, 4) is 11.5 Å². The molecule has 2 aromatic carbocycles. The summed E-state index contributed by atoms with van der Waals surface area (Å²) in [7, 11) is 0. The highest BCUT2D eigenvalue weighted by atomic mass is 35.5. The van der Waals surface area contributed by atoms with E-state index in [0.717, 1.165) is 5.56 Å². The summed E-state index contributed by atoms with van der Waals surface area (Å²) in [6, 6.07) is 10.2. The molecule has 0 radical (unpaired) electrons. The van der Waals surface area contributed by atoms with Crippen molar-refractivity contribution in [1.29, 1.82) is 0 Å². The molecule has 3 atom stereocenters. The Bertz CT molecular complexity index is 1220. The lowest BCUT2D eigenvalue weighted by Crippen LogP contribution is -2.66. The molecule has 43 heavy (non-hydrogen) atoms. The molecule has 1 aliphatic carbocycles. The molecule has 0 heterocycles. The maximum atomic E-state index is 13.9. The van der Waals surface area contributed by atoms with Crippen LogP contribution in [0.4, 0.5) is 4.79 Å². The number of carbonyl (C=O) groups is 2. The van der Waals surface area contributed by atoms with Gasteiger partial charge in [0.15, 0.2) is 0 Å². The van der Waals surface area contributed by atoms with Crippen LogP contribution in [0.2, 0.25) is 5.02 Å². The van der Waals surface area contributed by atoms with Crippen molar-refractivity contribution < 1.29 is 38.7 Å². The third kappa shape index (κ3) is 8.12. The van der Waals surface area contributed by atoms with Gasteiger partial charge < -0.3 is 39.4 Å². The Hall–Kier alpha value is -3.05. The molecule has 238 valence electrons. The average molecular weight is 621 g/mol. The van der Waals surface area contributed by atoms with Gasteiger partial charge in [-0.15, -0.1) is 0 Å². The largest absolute Gasteiger partial charge is 0.493 e. The zero-order chi connectivity index (χ0) is 31.7. The predicted molar refractivity (Wildman–Crippen MR) is 164 cm³/mol. The van der Waals surface area contributed by atoms with Gasteiger partial charge in [0.2, 0.25) is 0 Å². The smallest absolute Gasteiger partial charge is 0.329 e. The van der Waals surface area contributed by atoms with Crippen LogP contribution >= 0.6 is 11.6 Å². The maximum Gasteiger partial charge on any atom is 0.329 e. The van der Waals surface area contributed by atoms with E-state index in [-0.39, 0.29) is 49.0 Å². The first-order chi connectivity index (χ1) is 20.5. The van der Waals surface area contributed by atoms with E-state index in [2.05, 4.69) is 5.32 Å². The third-order valence-corrected chi connectivity index (χ3v) is 8.10. The Morgan fingerprint density at radius 3 is 2.28 bits per heavy atom. The number of hydrogen-bond acceptors (Lipinski definition) is 7. The Kier molecular flexibility index (Phi) is 12.5. The summed E-state index contributed by atoms with van der Waals surface area (Å²) in [6.45, 7) is 12.2. The van der Waals surface area contributed by atoms with Crippen LogP contribution in [0, 0.1) is 0 Å². The molecule has 0 saturated heterocycles. The topological polar surface area (TPSA) is 127 Å². The molecule has 3 rings (SSSR count). The molecular weight excluding hydrogens is 576 g/mol. The minimum atomic E-state index is -1.44. The number of hydrogen-bond donors (Lipinski definition) is 3. The molecule has 0 bridgehead atoms. The van der Waals surface area contributed by atoms with Crippen LogP contribution in [0.1, 0.15) is 89.3 Å². The van der Waals surface area contributed by atoms with E-state index in [1.807, 2.05) is 58.0 Å². The number of nitrogens with zero attached hydrogens (tertiary/aromatic N) is 1. The average Bonchev–Trinajstić information content (AvgIpc) is 2.95. The zero-order valence-electron chi connectivity index (χ0n) is 25.9. The van der Waals surface area contributed by atoms with Crippen molar-refractivity contribution >= 4 is 23.6 Å². The quantitative estimate of drug-likeness (QED) is 0.207. The Labute approximate surface area is 259 Å². The van der Waals surface area contributed by atoms with Crippen molar-refractivity contribution in [2.45, 2.75) is 84.3 Å². The third-order valence-electron chi connectivity index (χ3n) is 7.71. The first-order valence-electron chi connectivity index (χ1n) is 14.9.